The van der Waals surface area contributed by atoms with Gasteiger partial charge in [0.05, 0.1) is 4.92 Å². The molecule has 22 heavy (non-hydrogen) atoms. The first-order chi connectivity index (χ1) is 10.5. The van der Waals surface area contributed by atoms with Crippen molar-refractivity contribution in [2.24, 2.45) is 5.73 Å². The van der Waals surface area contributed by atoms with Gasteiger partial charge in [0.2, 0.25) is 6.10 Å². The van der Waals surface area contributed by atoms with E-state index < -0.39 is 28.6 Å². The molecule has 1 amide bonds. The molecule has 0 unspecified atom stereocenters. The van der Waals surface area contributed by atoms with Gasteiger partial charge in [0.15, 0.2) is 0 Å². The quantitative estimate of drug-likeness (QED) is 0.515. The Morgan fingerprint density at radius 3 is 2.23 bits per heavy atom. The summed E-state index contributed by atoms with van der Waals surface area (Å²) in [5.41, 5.74) is 4.99. The van der Waals surface area contributed by atoms with Crippen molar-refractivity contribution >= 4 is 17.6 Å². The van der Waals surface area contributed by atoms with Gasteiger partial charge in [-0.15, -0.1) is 0 Å². The Morgan fingerprint density at radius 2 is 1.64 bits per heavy atom. The van der Waals surface area contributed by atoms with Gasteiger partial charge in [0.25, 0.3) is 11.6 Å². The molecule has 2 aromatic carbocycles. The lowest BCUT2D eigenvalue weighted by molar-refractivity contribution is -0.385. The molecule has 7 nitrogen and oxygen atoms in total. The van der Waals surface area contributed by atoms with E-state index in [0.717, 1.165) is 0 Å². The second-order valence-electron chi connectivity index (χ2n) is 4.37. The lowest BCUT2D eigenvalue weighted by Crippen LogP contribution is -2.26. The van der Waals surface area contributed by atoms with Crippen LogP contribution < -0.4 is 5.73 Å². The van der Waals surface area contributed by atoms with Crippen LogP contribution in [0.3, 0.4) is 0 Å². The Morgan fingerprint density at radius 1 is 1.05 bits per heavy atom. The maximum absolute atomic E-state index is 12.1. The van der Waals surface area contributed by atoms with Crippen molar-refractivity contribution in [3.63, 3.8) is 0 Å². The highest BCUT2D eigenvalue weighted by molar-refractivity contribution is 5.95. The van der Waals surface area contributed by atoms with Crippen LogP contribution in [-0.2, 0) is 9.53 Å². The highest BCUT2D eigenvalue weighted by atomic mass is 16.6. The molecule has 0 saturated carbocycles. The number of nitro benzene ring substituents is 1. The number of esters is 1. The zero-order valence-corrected chi connectivity index (χ0v) is 11.3. The van der Waals surface area contributed by atoms with Crippen LogP contribution in [-0.4, -0.2) is 16.8 Å². The fourth-order valence-corrected chi connectivity index (χ4v) is 1.89. The van der Waals surface area contributed by atoms with Gasteiger partial charge >= 0.3 is 5.97 Å². The topological polar surface area (TPSA) is 113 Å². The third kappa shape index (κ3) is 3.26. The van der Waals surface area contributed by atoms with E-state index >= 15 is 0 Å². The lowest BCUT2D eigenvalue weighted by Gasteiger charge is -2.15. The van der Waals surface area contributed by atoms with E-state index in [1.807, 2.05) is 0 Å². The number of ether oxygens (including phenoxy) is 1. The van der Waals surface area contributed by atoms with Crippen molar-refractivity contribution < 1.29 is 19.2 Å². The molecular weight excluding hydrogens is 288 g/mol. The summed E-state index contributed by atoms with van der Waals surface area (Å²) in [7, 11) is 0. The average Bonchev–Trinajstić information content (AvgIpc) is 2.52. The predicted molar refractivity (Wildman–Crippen MR) is 76.9 cm³/mol. The van der Waals surface area contributed by atoms with Crippen molar-refractivity contribution in [2.45, 2.75) is 6.10 Å². The van der Waals surface area contributed by atoms with Crippen LogP contribution >= 0.6 is 0 Å². The van der Waals surface area contributed by atoms with Gasteiger partial charge < -0.3 is 10.5 Å². The Labute approximate surface area is 125 Å². The highest BCUT2D eigenvalue weighted by Gasteiger charge is 2.27. The number of nitro groups is 1. The van der Waals surface area contributed by atoms with Crippen LogP contribution in [0.15, 0.2) is 54.6 Å². The largest absolute Gasteiger partial charge is 0.444 e. The molecule has 0 aliphatic heterocycles. The molecule has 0 bridgehead atoms. The molecule has 2 rings (SSSR count). The Kier molecular flexibility index (Phi) is 4.47. The van der Waals surface area contributed by atoms with Crippen molar-refractivity contribution in [1.82, 2.24) is 0 Å². The van der Waals surface area contributed by atoms with Crippen LogP contribution in [0, 0.1) is 10.1 Å². The lowest BCUT2D eigenvalue weighted by atomic mass is 10.1. The number of rotatable bonds is 5. The number of carbonyl (C=O) groups excluding carboxylic acids is 2. The monoisotopic (exact) mass is 300 g/mol. The van der Waals surface area contributed by atoms with Gasteiger partial charge in [-0.2, -0.15) is 0 Å². The Hall–Kier alpha value is -3.22. The molecule has 0 radical (unpaired) electrons. The molecule has 2 aromatic rings. The minimum atomic E-state index is -1.31. The number of primary amides is 1. The van der Waals surface area contributed by atoms with E-state index in [9.17, 15) is 19.7 Å². The summed E-state index contributed by atoms with van der Waals surface area (Å²) in [6.45, 7) is 0. The maximum Gasteiger partial charge on any atom is 0.346 e. The number of amides is 1. The summed E-state index contributed by atoms with van der Waals surface area (Å²) in [6.07, 6.45) is -1.31. The first-order valence-corrected chi connectivity index (χ1v) is 6.29. The highest BCUT2D eigenvalue weighted by Crippen LogP contribution is 2.23. The van der Waals surface area contributed by atoms with E-state index in [2.05, 4.69) is 0 Å². The molecule has 0 saturated heterocycles. The first-order valence-electron chi connectivity index (χ1n) is 6.29. The van der Waals surface area contributed by atoms with Crippen LogP contribution in [0.25, 0.3) is 0 Å². The van der Waals surface area contributed by atoms with Gasteiger partial charge in [-0.1, -0.05) is 42.5 Å². The molecule has 0 heterocycles. The maximum atomic E-state index is 12.1. The summed E-state index contributed by atoms with van der Waals surface area (Å²) in [5.74, 6) is -1.85. The summed E-state index contributed by atoms with van der Waals surface area (Å²) in [5, 5.41) is 10.9. The molecule has 2 N–H and O–H groups in total. The summed E-state index contributed by atoms with van der Waals surface area (Å²) < 4.78 is 5.06. The molecule has 0 fully saturated rings. The molecule has 0 aromatic heterocycles. The number of carbonyl (C=O) groups is 2. The standard InChI is InChI=1S/C15H12N2O5/c16-14(18)13(10-6-2-1-3-7-10)22-15(19)11-8-4-5-9-12(11)17(20)21/h1-9,13H,(H2,16,18)/t13-/m0/s1. The van der Waals surface area contributed by atoms with Gasteiger partial charge in [0, 0.05) is 11.6 Å². The molecule has 0 spiro atoms. The van der Waals surface area contributed by atoms with Gasteiger partial charge in [0.1, 0.15) is 5.56 Å². The van der Waals surface area contributed by atoms with E-state index in [-0.39, 0.29) is 5.56 Å². The molecule has 0 aliphatic carbocycles. The molecule has 7 heteroatoms. The number of para-hydroxylation sites is 1. The number of hydrogen-bond donors (Lipinski definition) is 1. The van der Waals surface area contributed by atoms with Crippen LogP contribution in [0.1, 0.15) is 22.0 Å². The fraction of sp³-hybridized carbons (Fsp3) is 0.0667. The van der Waals surface area contributed by atoms with Crippen molar-refractivity contribution in [3.05, 3.63) is 75.8 Å². The van der Waals surface area contributed by atoms with Gasteiger partial charge in [-0.25, -0.2) is 4.79 Å². The normalized spacial score (nSPS) is 11.5. The second kappa shape index (κ2) is 6.49. The first kappa shape index (κ1) is 15.2. The van der Waals surface area contributed by atoms with Crippen LogP contribution in [0.4, 0.5) is 5.69 Å². The molecule has 112 valence electrons. The smallest absolute Gasteiger partial charge is 0.346 e. The van der Waals surface area contributed by atoms with Crippen molar-refractivity contribution in [1.29, 1.82) is 0 Å². The van der Waals surface area contributed by atoms with E-state index in [4.69, 9.17) is 10.5 Å². The van der Waals surface area contributed by atoms with E-state index in [0.29, 0.717) is 5.56 Å². The zero-order chi connectivity index (χ0) is 16.1. The molecule has 1 atom stereocenters. The predicted octanol–water partition coefficient (Wildman–Crippen LogP) is 1.98. The van der Waals surface area contributed by atoms with Gasteiger partial charge in [-0.3, -0.25) is 14.9 Å². The third-order valence-electron chi connectivity index (χ3n) is 2.91. The second-order valence-corrected chi connectivity index (χ2v) is 4.37. The summed E-state index contributed by atoms with van der Waals surface area (Å²) in [4.78, 5) is 33.8. The minimum absolute atomic E-state index is 0.241. The summed E-state index contributed by atoms with van der Waals surface area (Å²) in [6, 6.07) is 13.5. The number of nitrogens with zero attached hydrogens (tertiary/aromatic N) is 1. The number of hydrogen-bond acceptors (Lipinski definition) is 5. The average molecular weight is 300 g/mol. The van der Waals surface area contributed by atoms with Gasteiger partial charge in [-0.05, 0) is 6.07 Å². The number of nitrogens with two attached hydrogens (primary N) is 1. The van der Waals surface area contributed by atoms with E-state index in [1.54, 1.807) is 30.3 Å². The van der Waals surface area contributed by atoms with Crippen molar-refractivity contribution in [2.75, 3.05) is 0 Å². The SMILES string of the molecule is NC(=O)[C@@H](OC(=O)c1ccccc1[N+](=O)[O-])c1ccccc1. The Balaban J connectivity index is 2.30. The van der Waals surface area contributed by atoms with Crippen molar-refractivity contribution in [3.8, 4) is 0 Å². The Bertz CT molecular complexity index is 715. The molecular formula is C15H12N2O5. The summed E-state index contributed by atoms with van der Waals surface area (Å²) >= 11 is 0. The van der Waals surface area contributed by atoms with Crippen LogP contribution in [0.2, 0.25) is 0 Å². The van der Waals surface area contributed by atoms with E-state index in [1.165, 1.54) is 24.3 Å². The molecule has 0 aliphatic rings. The minimum Gasteiger partial charge on any atom is -0.444 e. The zero-order valence-electron chi connectivity index (χ0n) is 11.3. The van der Waals surface area contributed by atoms with Crippen LogP contribution in [0.5, 0.6) is 0 Å². The number of benzene rings is 2. The fourth-order valence-electron chi connectivity index (χ4n) is 1.89. The third-order valence-corrected chi connectivity index (χ3v) is 2.91.